The minimum atomic E-state index is -0.0872. The summed E-state index contributed by atoms with van der Waals surface area (Å²) in [6.07, 6.45) is 4.66. The minimum absolute atomic E-state index is 0. The highest BCUT2D eigenvalue weighted by molar-refractivity contribution is 5.94. The lowest BCUT2D eigenvalue weighted by Gasteiger charge is -2.22. The molecule has 1 saturated heterocycles. The van der Waals surface area contributed by atoms with Gasteiger partial charge in [0.25, 0.3) is 5.91 Å². The molecule has 1 aliphatic heterocycles. The van der Waals surface area contributed by atoms with E-state index in [9.17, 15) is 9.59 Å². The second kappa shape index (κ2) is 11.9. The minimum Gasteiger partial charge on any atom is -0.356 e. The number of piperidine rings is 1. The van der Waals surface area contributed by atoms with E-state index in [0.29, 0.717) is 30.9 Å². The first-order valence-corrected chi connectivity index (χ1v) is 8.56. The maximum atomic E-state index is 11.8. The molecule has 1 aliphatic rings. The zero-order chi connectivity index (χ0) is 16.3. The Morgan fingerprint density at radius 2 is 1.92 bits per heavy atom. The molecule has 1 unspecified atom stereocenters. The summed E-state index contributed by atoms with van der Waals surface area (Å²) >= 11 is 0. The van der Waals surface area contributed by atoms with Crippen LogP contribution in [0.2, 0.25) is 0 Å². The molecule has 1 atom stereocenters. The molecular formula is C18H28ClN3O2. The van der Waals surface area contributed by atoms with Crippen LogP contribution in [0.3, 0.4) is 0 Å². The number of carbonyl (C=O) groups is 2. The molecule has 1 aromatic carbocycles. The average molecular weight is 354 g/mol. The molecule has 0 spiro atoms. The van der Waals surface area contributed by atoms with Gasteiger partial charge in [-0.2, -0.15) is 0 Å². The molecule has 1 aromatic rings. The van der Waals surface area contributed by atoms with Crippen molar-refractivity contribution in [3.8, 4) is 0 Å². The predicted molar refractivity (Wildman–Crippen MR) is 98.5 cm³/mol. The smallest absolute Gasteiger partial charge is 0.251 e. The van der Waals surface area contributed by atoms with Gasteiger partial charge in [0.15, 0.2) is 0 Å². The summed E-state index contributed by atoms with van der Waals surface area (Å²) in [5.41, 5.74) is 0.651. The zero-order valence-electron chi connectivity index (χ0n) is 14.1. The monoisotopic (exact) mass is 353 g/mol. The summed E-state index contributed by atoms with van der Waals surface area (Å²) < 4.78 is 0. The normalized spacial score (nSPS) is 16.8. The third kappa shape index (κ3) is 7.79. The van der Waals surface area contributed by atoms with Crippen LogP contribution >= 0.6 is 12.4 Å². The molecule has 0 radical (unpaired) electrons. The van der Waals surface area contributed by atoms with E-state index >= 15 is 0 Å². The van der Waals surface area contributed by atoms with E-state index in [0.717, 1.165) is 26.1 Å². The Bertz CT molecular complexity index is 490. The van der Waals surface area contributed by atoms with E-state index in [4.69, 9.17) is 0 Å². The summed E-state index contributed by atoms with van der Waals surface area (Å²) in [5, 5.41) is 9.19. The topological polar surface area (TPSA) is 70.2 Å². The fourth-order valence-corrected chi connectivity index (χ4v) is 2.82. The first kappa shape index (κ1) is 20.5. The molecule has 1 fully saturated rings. The third-order valence-corrected chi connectivity index (χ3v) is 4.18. The van der Waals surface area contributed by atoms with E-state index in [-0.39, 0.29) is 24.2 Å². The van der Waals surface area contributed by atoms with Crippen LogP contribution in [0.15, 0.2) is 30.3 Å². The number of benzene rings is 1. The maximum Gasteiger partial charge on any atom is 0.251 e. The number of rotatable bonds is 8. The highest BCUT2D eigenvalue weighted by atomic mass is 35.5. The van der Waals surface area contributed by atoms with Gasteiger partial charge in [0.1, 0.15) is 0 Å². The molecule has 0 aliphatic carbocycles. The Morgan fingerprint density at radius 1 is 1.12 bits per heavy atom. The van der Waals surface area contributed by atoms with Gasteiger partial charge in [0, 0.05) is 25.1 Å². The van der Waals surface area contributed by atoms with Crippen molar-refractivity contribution >= 4 is 24.2 Å². The summed E-state index contributed by atoms with van der Waals surface area (Å²) in [6, 6.07) is 9.11. The maximum absolute atomic E-state index is 11.8. The fraction of sp³-hybridized carbons (Fsp3) is 0.556. The van der Waals surface area contributed by atoms with Crippen LogP contribution < -0.4 is 16.0 Å². The van der Waals surface area contributed by atoms with Crippen molar-refractivity contribution in [1.82, 2.24) is 16.0 Å². The van der Waals surface area contributed by atoms with Gasteiger partial charge in [-0.3, -0.25) is 9.59 Å². The Kier molecular flexibility index (Phi) is 10.1. The van der Waals surface area contributed by atoms with Crippen molar-refractivity contribution in [2.45, 2.75) is 32.1 Å². The van der Waals surface area contributed by atoms with Gasteiger partial charge in [0.2, 0.25) is 5.91 Å². The third-order valence-electron chi connectivity index (χ3n) is 4.18. The van der Waals surface area contributed by atoms with Crippen molar-refractivity contribution in [2.24, 2.45) is 5.92 Å². The highest BCUT2D eigenvalue weighted by Crippen LogP contribution is 2.12. The molecule has 1 heterocycles. The van der Waals surface area contributed by atoms with Crippen LogP contribution in [0.4, 0.5) is 0 Å². The molecule has 2 rings (SSSR count). The summed E-state index contributed by atoms with van der Waals surface area (Å²) in [7, 11) is 0. The SMILES string of the molecule is Cl.O=C(CCCNC(=O)c1ccccc1)NCCC1CCCNC1. The lowest BCUT2D eigenvalue weighted by atomic mass is 9.96. The molecule has 3 N–H and O–H groups in total. The van der Waals surface area contributed by atoms with Gasteiger partial charge in [-0.25, -0.2) is 0 Å². The molecule has 24 heavy (non-hydrogen) atoms. The van der Waals surface area contributed by atoms with Gasteiger partial charge in [-0.05, 0) is 56.8 Å². The Labute approximate surface area is 150 Å². The number of carbonyl (C=O) groups excluding carboxylic acids is 2. The average Bonchev–Trinajstić information content (AvgIpc) is 2.60. The standard InChI is InChI=1S/C18H27N3O2.ClH/c22-17(20-13-10-15-6-4-11-19-14-15)9-5-12-21-18(23)16-7-2-1-3-8-16;/h1-3,7-8,15,19H,4-6,9-14H2,(H,20,22)(H,21,23);1H. The Hall–Kier alpha value is -1.59. The fourth-order valence-electron chi connectivity index (χ4n) is 2.82. The van der Waals surface area contributed by atoms with Gasteiger partial charge in [0.05, 0.1) is 0 Å². The van der Waals surface area contributed by atoms with E-state index in [1.54, 1.807) is 12.1 Å². The second-order valence-corrected chi connectivity index (χ2v) is 6.08. The van der Waals surface area contributed by atoms with Gasteiger partial charge in [-0.1, -0.05) is 18.2 Å². The Morgan fingerprint density at radius 3 is 2.62 bits per heavy atom. The molecule has 0 bridgehead atoms. The number of halogens is 1. The van der Waals surface area contributed by atoms with Crippen LogP contribution in [0.1, 0.15) is 42.5 Å². The second-order valence-electron chi connectivity index (χ2n) is 6.08. The quantitative estimate of drug-likeness (QED) is 0.627. The highest BCUT2D eigenvalue weighted by Gasteiger charge is 2.12. The lowest BCUT2D eigenvalue weighted by molar-refractivity contribution is -0.121. The molecule has 6 heteroatoms. The van der Waals surface area contributed by atoms with Crippen molar-refractivity contribution in [3.63, 3.8) is 0 Å². The van der Waals surface area contributed by atoms with Crippen LogP contribution in [0, 0.1) is 5.92 Å². The zero-order valence-corrected chi connectivity index (χ0v) is 14.9. The molecule has 0 aromatic heterocycles. The van der Waals surface area contributed by atoms with Crippen molar-refractivity contribution < 1.29 is 9.59 Å². The first-order valence-electron chi connectivity index (χ1n) is 8.56. The van der Waals surface area contributed by atoms with Gasteiger partial charge in [-0.15, -0.1) is 12.4 Å². The van der Waals surface area contributed by atoms with E-state index in [1.165, 1.54) is 12.8 Å². The van der Waals surface area contributed by atoms with E-state index in [1.807, 2.05) is 18.2 Å². The van der Waals surface area contributed by atoms with Crippen LogP contribution in [0.5, 0.6) is 0 Å². The lowest BCUT2D eigenvalue weighted by Crippen LogP contribution is -2.33. The number of hydrogen-bond acceptors (Lipinski definition) is 3. The summed E-state index contributed by atoms with van der Waals surface area (Å²) in [5.74, 6) is 0.674. The van der Waals surface area contributed by atoms with Gasteiger partial charge >= 0.3 is 0 Å². The number of hydrogen-bond donors (Lipinski definition) is 3. The number of nitrogens with one attached hydrogen (secondary N) is 3. The Balaban J connectivity index is 0.00000288. The summed E-state index contributed by atoms with van der Waals surface area (Å²) in [6.45, 7) is 3.47. The van der Waals surface area contributed by atoms with E-state index < -0.39 is 0 Å². The van der Waals surface area contributed by atoms with E-state index in [2.05, 4.69) is 16.0 Å². The largest absolute Gasteiger partial charge is 0.356 e. The number of amides is 2. The predicted octanol–water partition coefficient (Wildman–Crippen LogP) is 2.12. The molecule has 0 saturated carbocycles. The van der Waals surface area contributed by atoms with Crippen molar-refractivity contribution in [2.75, 3.05) is 26.2 Å². The molecular weight excluding hydrogens is 326 g/mol. The van der Waals surface area contributed by atoms with Crippen LogP contribution in [-0.2, 0) is 4.79 Å². The molecule has 2 amide bonds. The summed E-state index contributed by atoms with van der Waals surface area (Å²) in [4.78, 5) is 23.6. The van der Waals surface area contributed by atoms with Crippen molar-refractivity contribution in [3.05, 3.63) is 35.9 Å². The van der Waals surface area contributed by atoms with Crippen molar-refractivity contribution in [1.29, 1.82) is 0 Å². The van der Waals surface area contributed by atoms with Crippen LogP contribution in [-0.4, -0.2) is 38.0 Å². The first-order chi connectivity index (χ1) is 11.3. The molecule has 134 valence electrons. The van der Waals surface area contributed by atoms with Gasteiger partial charge < -0.3 is 16.0 Å². The van der Waals surface area contributed by atoms with Crippen LogP contribution in [0.25, 0.3) is 0 Å². The molecule has 5 nitrogen and oxygen atoms in total.